The van der Waals surface area contributed by atoms with Crippen molar-refractivity contribution in [3.8, 4) is 11.5 Å². The van der Waals surface area contributed by atoms with Crippen LogP contribution in [0.25, 0.3) is 0 Å². The number of ether oxygens (including phenoxy) is 1. The molecule has 0 atom stereocenters. The summed E-state index contributed by atoms with van der Waals surface area (Å²) in [5.41, 5.74) is 1.50. The van der Waals surface area contributed by atoms with E-state index in [0.717, 1.165) is 17.2 Å². The van der Waals surface area contributed by atoms with Crippen molar-refractivity contribution in [3.63, 3.8) is 0 Å². The van der Waals surface area contributed by atoms with Crippen molar-refractivity contribution in [3.05, 3.63) is 90.9 Å². The van der Waals surface area contributed by atoms with Crippen molar-refractivity contribution in [2.75, 3.05) is 10.6 Å². The summed E-state index contributed by atoms with van der Waals surface area (Å²) in [4.78, 5) is 4.36. The number of halogens is 1. The first-order valence-electron chi connectivity index (χ1n) is 8.57. The summed E-state index contributed by atoms with van der Waals surface area (Å²) >= 11 is 0. The number of hydrogen-bond acceptors (Lipinski definition) is 6. The van der Waals surface area contributed by atoms with E-state index in [1.165, 1.54) is 18.3 Å². The molecule has 0 aliphatic heterocycles. The summed E-state index contributed by atoms with van der Waals surface area (Å²) in [6.07, 6.45) is 1.52. The number of hydrogen-bond donors (Lipinski definition) is 2. The quantitative estimate of drug-likeness (QED) is 0.478. The normalized spacial score (nSPS) is 10.3. The van der Waals surface area contributed by atoms with Crippen LogP contribution in [0.5, 0.6) is 11.5 Å². The van der Waals surface area contributed by atoms with Gasteiger partial charge >= 0.3 is 0 Å². The lowest BCUT2D eigenvalue weighted by Crippen LogP contribution is -2.02. The molecular formula is C21H16FN5O. The smallest absolute Gasteiger partial charge is 0.249 e. The van der Waals surface area contributed by atoms with E-state index in [1.807, 2.05) is 54.6 Å². The maximum absolute atomic E-state index is 13.0. The zero-order valence-corrected chi connectivity index (χ0v) is 14.7. The summed E-state index contributed by atoms with van der Waals surface area (Å²) in [5.74, 6) is 2.03. The van der Waals surface area contributed by atoms with Crippen molar-refractivity contribution in [1.82, 2.24) is 15.2 Å². The van der Waals surface area contributed by atoms with Gasteiger partial charge in [-0.25, -0.2) is 4.39 Å². The number of rotatable bonds is 6. The lowest BCUT2D eigenvalue weighted by molar-refractivity contribution is 0.483. The first-order valence-corrected chi connectivity index (χ1v) is 8.57. The fraction of sp³-hybridized carbons (Fsp3) is 0. The molecule has 138 valence electrons. The molecular weight excluding hydrogens is 357 g/mol. The predicted octanol–water partition coefficient (Wildman–Crippen LogP) is 5.29. The maximum Gasteiger partial charge on any atom is 0.249 e. The van der Waals surface area contributed by atoms with E-state index in [4.69, 9.17) is 4.74 Å². The molecule has 0 unspecified atom stereocenters. The molecule has 6 nitrogen and oxygen atoms in total. The Morgan fingerprint density at radius 3 is 2.11 bits per heavy atom. The fourth-order valence-corrected chi connectivity index (χ4v) is 2.46. The van der Waals surface area contributed by atoms with Crippen molar-refractivity contribution in [2.45, 2.75) is 0 Å². The van der Waals surface area contributed by atoms with Crippen LogP contribution in [0.1, 0.15) is 0 Å². The van der Waals surface area contributed by atoms with Crippen molar-refractivity contribution < 1.29 is 9.13 Å². The van der Waals surface area contributed by atoms with E-state index in [0.29, 0.717) is 17.5 Å². The molecule has 3 aromatic carbocycles. The lowest BCUT2D eigenvalue weighted by atomic mass is 10.3. The van der Waals surface area contributed by atoms with Crippen molar-refractivity contribution in [2.24, 2.45) is 0 Å². The molecule has 4 aromatic rings. The SMILES string of the molecule is Fc1ccc(Nc2nncc(Nc3ccc(Oc4ccccc4)cc3)n2)cc1. The van der Waals surface area contributed by atoms with Gasteiger partial charge in [-0.3, -0.25) is 0 Å². The first kappa shape index (κ1) is 17.4. The largest absolute Gasteiger partial charge is 0.457 e. The number of para-hydroxylation sites is 1. The molecule has 0 amide bonds. The van der Waals surface area contributed by atoms with E-state index in [2.05, 4.69) is 25.8 Å². The van der Waals surface area contributed by atoms with Gasteiger partial charge in [0.15, 0.2) is 5.82 Å². The molecule has 0 saturated heterocycles. The average Bonchev–Trinajstić information content (AvgIpc) is 2.72. The van der Waals surface area contributed by atoms with E-state index in [9.17, 15) is 4.39 Å². The van der Waals surface area contributed by atoms with Gasteiger partial charge in [-0.15, -0.1) is 5.10 Å². The summed E-state index contributed by atoms with van der Waals surface area (Å²) in [7, 11) is 0. The minimum Gasteiger partial charge on any atom is -0.457 e. The molecule has 0 aliphatic rings. The van der Waals surface area contributed by atoms with Gasteiger partial charge in [0.2, 0.25) is 5.95 Å². The van der Waals surface area contributed by atoms with E-state index in [-0.39, 0.29) is 5.82 Å². The summed E-state index contributed by atoms with van der Waals surface area (Å²) < 4.78 is 18.8. The second kappa shape index (κ2) is 8.13. The molecule has 4 rings (SSSR count). The average molecular weight is 373 g/mol. The summed E-state index contributed by atoms with van der Waals surface area (Å²) in [6.45, 7) is 0. The van der Waals surface area contributed by atoms with Gasteiger partial charge < -0.3 is 15.4 Å². The van der Waals surface area contributed by atoms with Crippen LogP contribution in [0.2, 0.25) is 0 Å². The lowest BCUT2D eigenvalue weighted by Gasteiger charge is -2.09. The summed E-state index contributed by atoms with van der Waals surface area (Å²) in [6, 6.07) is 23.0. The minimum absolute atomic E-state index is 0.306. The van der Waals surface area contributed by atoms with Gasteiger partial charge in [0.25, 0.3) is 0 Å². The van der Waals surface area contributed by atoms with Gasteiger partial charge in [-0.05, 0) is 60.7 Å². The Hall–Kier alpha value is -4.00. The topological polar surface area (TPSA) is 72.0 Å². The van der Waals surface area contributed by atoms with Crippen LogP contribution in [0.15, 0.2) is 85.1 Å². The highest BCUT2D eigenvalue weighted by atomic mass is 19.1. The Labute approximate surface area is 161 Å². The molecule has 1 aromatic heterocycles. The highest BCUT2D eigenvalue weighted by Crippen LogP contribution is 2.24. The fourth-order valence-electron chi connectivity index (χ4n) is 2.46. The van der Waals surface area contributed by atoms with E-state index in [1.54, 1.807) is 12.1 Å². The van der Waals surface area contributed by atoms with Crippen LogP contribution in [-0.2, 0) is 0 Å². The molecule has 2 N–H and O–H groups in total. The number of nitrogens with one attached hydrogen (secondary N) is 2. The highest BCUT2D eigenvalue weighted by Gasteiger charge is 2.03. The van der Waals surface area contributed by atoms with E-state index >= 15 is 0 Å². The van der Waals surface area contributed by atoms with Gasteiger partial charge in [0, 0.05) is 11.4 Å². The molecule has 0 bridgehead atoms. The molecule has 0 fully saturated rings. The molecule has 0 spiro atoms. The number of nitrogens with zero attached hydrogens (tertiary/aromatic N) is 3. The monoisotopic (exact) mass is 373 g/mol. The van der Waals surface area contributed by atoms with Crippen LogP contribution < -0.4 is 15.4 Å². The highest BCUT2D eigenvalue weighted by molar-refractivity contribution is 5.59. The second-order valence-corrected chi connectivity index (χ2v) is 5.86. The van der Waals surface area contributed by atoms with Crippen LogP contribution in [-0.4, -0.2) is 15.2 Å². The van der Waals surface area contributed by atoms with Gasteiger partial charge in [-0.1, -0.05) is 18.2 Å². The summed E-state index contributed by atoms with van der Waals surface area (Å²) in [5, 5.41) is 14.0. The predicted molar refractivity (Wildman–Crippen MR) is 106 cm³/mol. The van der Waals surface area contributed by atoms with Crippen LogP contribution in [0.3, 0.4) is 0 Å². The third kappa shape index (κ3) is 4.59. The molecule has 7 heteroatoms. The van der Waals surface area contributed by atoms with Crippen LogP contribution in [0, 0.1) is 5.82 Å². The molecule has 0 radical (unpaired) electrons. The van der Waals surface area contributed by atoms with Gasteiger partial charge in [0.1, 0.15) is 17.3 Å². The Morgan fingerprint density at radius 2 is 1.36 bits per heavy atom. The van der Waals surface area contributed by atoms with Crippen molar-refractivity contribution >= 4 is 23.1 Å². The van der Waals surface area contributed by atoms with Gasteiger partial charge in [-0.2, -0.15) is 10.1 Å². The second-order valence-electron chi connectivity index (χ2n) is 5.86. The Kier molecular flexibility index (Phi) is 5.06. The zero-order valence-electron chi connectivity index (χ0n) is 14.7. The van der Waals surface area contributed by atoms with Gasteiger partial charge in [0.05, 0.1) is 6.20 Å². The molecule has 1 heterocycles. The third-order valence-corrected chi connectivity index (χ3v) is 3.76. The molecule has 0 aliphatic carbocycles. The Bertz CT molecular complexity index is 1040. The Morgan fingerprint density at radius 1 is 0.714 bits per heavy atom. The number of benzene rings is 3. The maximum atomic E-state index is 13.0. The molecule has 0 saturated carbocycles. The van der Waals surface area contributed by atoms with E-state index < -0.39 is 0 Å². The standard InChI is InChI=1S/C21H16FN5O/c22-15-6-8-17(9-7-15)25-21-26-20(14-23-27-21)24-16-10-12-19(13-11-16)28-18-4-2-1-3-5-18/h1-14H,(H2,24,25,26,27). The third-order valence-electron chi connectivity index (χ3n) is 3.76. The Balaban J connectivity index is 1.42. The molecule has 28 heavy (non-hydrogen) atoms. The number of anilines is 4. The number of aromatic nitrogens is 3. The van der Waals surface area contributed by atoms with Crippen LogP contribution >= 0.6 is 0 Å². The zero-order chi connectivity index (χ0) is 19.2. The first-order chi connectivity index (χ1) is 13.7. The van der Waals surface area contributed by atoms with Crippen LogP contribution in [0.4, 0.5) is 27.5 Å². The minimum atomic E-state index is -0.306. The van der Waals surface area contributed by atoms with Crippen molar-refractivity contribution in [1.29, 1.82) is 0 Å².